The van der Waals surface area contributed by atoms with Gasteiger partial charge in [-0.1, -0.05) is 46.9 Å². The first kappa shape index (κ1) is 22.2. The van der Waals surface area contributed by atoms with E-state index in [0.29, 0.717) is 27.4 Å². The third-order valence-corrected chi connectivity index (χ3v) is 5.53. The molecule has 7 nitrogen and oxygen atoms in total. The number of rotatable bonds is 7. The van der Waals surface area contributed by atoms with Crippen molar-refractivity contribution in [3.8, 4) is 5.75 Å². The maximum Gasteiger partial charge on any atom is 0.277 e. The Balaban J connectivity index is 1.37. The number of carbonyl (C=O) groups excluding carboxylic acids is 1. The van der Waals surface area contributed by atoms with Gasteiger partial charge in [-0.25, -0.2) is 4.68 Å². The molecule has 1 N–H and O–H groups in total. The lowest BCUT2D eigenvalue weighted by Gasteiger charge is -2.07. The predicted octanol–water partition coefficient (Wildman–Crippen LogP) is 5.69. The number of nitrogens with zero attached hydrogens (tertiary/aromatic N) is 4. The molecule has 0 unspecified atom stereocenters. The van der Waals surface area contributed by atoms with Gasteiger partial charge in [0.2, 0.25) is 0 Å². The molecule has 0 saturated carbocycles. The zero-order valence-electron chi connectivity index (χ0n) is 16.9. The first-order valence-electron chi connectivity index (χ1n) is 9.58. The molecule has 10 heteroatoms. The van der Waals surface area contributed by atoms with Gasteiger partial charge in [0, 0.05) is 22.4 Å². The van der Waals surface area contributed by atoms with Gasteiger partial charge in [-0.3, -0.25) is 9.48 Å². The highest BCUT2D eigenvalue weighted by molar-refractivity contribution is 6.33. The maximum absolute atomic E-state index is 12.6. The molecule has 2 heterocycles. The summed E-state index contributed by atoms with van der Waals surface area (Å²) in [6.45, 7) is 2.53. The number of amides is 1. The number of benzene rings is 2. The molecule has 4 rings (SSSR count). The molecule has 0 aliphatic heterocycles. The highest BCUT2D eigenvalue weighted by atomic mass is 35.5. The van der Waals surface area contributed by atoms with Crippen LogP contribution in [-0.2, 0) is 13.3 Å². The van der Waals surface area contributed by atoms with Crippen molar-refractivity contribution in [1.82, 2.24) is 19.6 Å². The lowest BCUT2D eigenvalue weighted by Crippen LogP contribution is -2.15. The van der Waals surface area contributed by atoms with Crippen LogP contribution >= 0.6 is 34.8 Å². The van der Waals surface area contributed by atoms with Gasteiger partial charge in [0.05, 0.1) is 6.54 Å². The summed E-state index contributed by atoms with van der Waals surface area (Å²) >= 11 is 18.2. The summed E-state index contributed by atoms with van der Waals surface area (Å²) in [6, 6.07) is 14.4. The highest BCUT2D eigenvalue weighted by Gasteiger charge is 2.15. The lowest BCUT2D eigenvalue weighted by atomic mass is 10.2. The average molecular weight is 491 g/mol. The van der Waals surface area contributed by atoms with Gasteiger partial charge in [-0.15, -0.1) is 0 Å². The summed E-state index contributed by atoms with van der Waals surface area (Å²) in [5.74, 6) is 0.490. The van der Waals surface area contributed by atoms with E-state index in [1.165, 1.54) is 4.68 Å². The fourth-order valence-electron chi connectivity index (χ4n) is 2.91. The van der Waals surface area contributed by atoms with E-state index < -0.39 is 5.91 Å². The first-order chi connectivity index (χ1) is 15.4. The molecular weight excluding hydrogens is 473 g/mol. The van der Waals surface area contributed by atoms with Gasteiger partial charge in [-0.05, 0) is 54.4 Å². The van der Waals surface area contributed by atoms with Crippen LogP contribution in [0.1, 0.15) is 21.6 Å². The molecule has 0 atom stereocenters. The largest absolute Gasteiger partial charge is 0.471 e. The summed E-state index contributed by atoms with van der Waals surface area (Å²) in [4.78, 5) is 12.6. The van der Waals surface area contributed by atoms with Crippen LogP contribution in [0.3, 0.4) is 0 Å². The summed E-state index contributed by atoms with van der Waals surface area (Å²) in [6.07, 6.45) is 3.30. The minimum atomic E-state index is -0.426. The number of aromatic nitrogens is 4. The molecule has 0 aliphatic rings. The predicted molar refractivity (Wildman–Crippen MR) is 125 cm³/mol. The van der Waals surface area contributed by atoms with Gasteiger partial charge in [0.1, 0.15) is 10.8 Å². The van der Waals surface area contributed by atoms with Crippen molar-refractivity contribution >= 4 is 46.5 Å². The molecule has 0 bridgehead atoms. The second kappa shape index (κ2) is 9.65. The monoisotopic (exact) mass is 489 g/mol. The Kier molecular flexibility index (Phi) is 6.69. The van der Waals surface area contributed by atoms with E-state index in [4.69, 9.17) is 39.5 Å². The van der Waals surface area contributed by atoms with Crippen LogP contribution in [0.5, 0.6) is 5.75 Å². The normalized spacial score (nSPS) is 10.9. The molecule has 0 aliphatic carbocycles. The van der Waals surface area contributed by atoms with E-state index in [9.17, 15) is 4.79 Å². The zero-order chi connectivity index (χ0) is 22.7. The number of nitrogens with one attached hydrogen (secondary N) is 1. The minimum Gasteiger partial charge on any atom is -0.471 e. The zero-order valence-corrected chi connectivity index (χ0v) is 19.2. The third kappa shape index (κ3) is 5.43. The highest BCUT2D eigenvalue weighted by Crippen LogP contribution is 2.22. The van der Waals surface area contributed by atoms with Gasteiger partial charge >= 0.3 is 0 Å². The Morgan fingerprint density at radius 1 is 1.00 bits per heavy atom. The van der Waals surface area contributed by atoms with Crippen molar-refractivity contribution < 1.29 is 9.53 Å². The topological polar surface area (TPSA) is 74.0 Å². The summed E-state index contributed by atoms with van der Waals surface area (Å²) in [5, 5.41) is 12.9. The van der Waals surface area contributed by atoms with Crippen LogP contribution < -0.4 is 10.1 Å². The van der Waals surface area contributed by atoms with Crippen molar-refractivity contribution in [1.29, 1.82) is 0 Å². The van der Waals surface area contributed by atoms with Crippen molar-refractivity contribution in [3.05, 3.63) is 92.8 Å². The summed E-state index contributed by atoms with van der Waals surface area (Å²) in [5.41, 5.74) is 2.13. The Morgan fingerprint density at radius 2 is 1.78 bits per heavy atom. The number of hydrogen-bond donors (Lipinski definition) is 1. The molecule has 164 valence electrons. The molecule has 1 amide bonds. The molecule has 0 spiro atoms. The number of aryl methyl sites for hydroxylation is 1. The number of hydrogen-bond acceptors (Lipinski definition) is 4. The van der Waals surface area contributed by atoms with Crippen LogP contribution in [0.15, 0.2) is 60.9 Å². The van der Waals surface area contributed by atoms with Crippen molar-refractivity contribution in [2.75, 3.05) is 5.32 Å². The molecule has 2 aromatic carbocycles. The van der Waals surface area contributed by atoms with Crippen molar-refractivity contribution in [2.24, 2.45) is 0 Å². The average Bonchev–Trinajstić information content (AvgIpc) is 3.37. The van der Waals surface area contributed by atoms with E-state index in [-0.39, 0.29) is 18.2 Å². The van der Waals surface area contributed by atoms with E-state index in [0.717, 1.165) is 11.1 Å². The Hall–Kier alpha value is -3.00. The molecule has 0 saturated heterocycles. The molecule has 32 heavy (non-hydrogen) atoms. The van der Waals surface area contributed by atoms with E-state index >= 15 is 0 Å². The molecule has 2 aromatic heterocycles. The summed E-state index contributed by atoms with van der Waals surface area (Å²) < 4.78 is 8.84. The van der Waals surface area contributed by atoms with Gasteiger partial charge in [0.15, 0.2) is 18.2 Å². The maximum atomic E-state index is 12.6. The Labute approximate surface area is 199 Å². The smallest absolute Gasteiger partial charge is 0.277 e. The molecule has 0 fully saturated rings. The van der Waals surface area contributed by atoms with Gasteiger partial charge in [0.25, 0.3) is 5.91 Å². The summed E-state index contributed by atoms with van der Waals surface area (Å²) in [7, 11) is 0. The SMILES string of the molecule is Cc1cc(OCn2ccc(C(=O)Nc3nn(Cc4ccc(Cl)cc4)cc3Cl)n2)ccc1Cl. The number of carbonyl (C=O) groups is 1. The van der Waals surface area contributed by atoms with Gasteiger partial charge < -0.3 is 10.1 Å². The van der Waals surface area contributed by atoms with Gasteiger partial charge in [-0.2, -0.15) is 10.2 Å². The first-order valence-corrected chi connectivity index (χ1v) is 10.7. The standard InChI is InChI=1S/C22H18Cl3N5O2/c1-14-10-17(6-7-18(14)24)32-13-29-9-8-20(27-29)22(31)26-21-19(25)12-30(28-21)11-15-2-4-16(23)5-3-15/h2-10,12H,11,13H2,1H3,(H,26,28,31). The Bertz CT molecular complexity index is 1250. The molecule has 0 radical (unpaired) electrons. The van der Waals surface area contributed by atoms with Crippen molar-refractivity contribution in [3.63, 3.8) is 0 Å². The van der Waals surface area contributed by atoms with Crippen LogP contribution in [0, 0.1) is 6.92 Å². The Morgan fingerprint density at radius 3 is 2.53 bits per heavy atom. The fraction of sp³-hybridized carbons (Fsp3) is 0.136. The lowest BCUT2D eigenvalue weighted by molar-refractivity contribution is 0.101. The third-order valence-electron chi connectivity index (χ3n) is 4.57. The quantitative estimate of drug-likeness (QED) is 0.361. The van der Waals surface area contributed by atoms with E-state index in [1.54, 1.807) is 47.4 Å². The number of ether oxygens (including phenoxy) is 1. The van der Waals surface area contributed by atoms with E-state index in [1.807, 2.05) is 25.1 Å². The number of halogens is 3. The number of anilines is 1. The van der Waals surface area contributed by atoms with Crippen molar-refractivity contribution in [2.45, 2.75) is 20.2 Å². The van der Waals surface area contributed by atoms with Crippen LogP contribution in [-0.4, -0.2) is 25.5 Å². The minimum absolute atomic E-state index is 0.144. The molecule has 4 aromatic rings. The molecular formula is C22H18Cl3N5O2. The van der Waals surface area contributed by atoms with E-state index in [2.05, 4.69) is 15.5 Å². The second-order valence-corrected chi connectivity index (χ2v) is 8.28. The second-order valence-electron chi connectivity index (χ2n) is 7.03. The van der Waals surface area contributed by atoms with Crippen LogP contribution in [0.4, 0.5) is 5.82 Å². The van der Waals surface area contributed by atoms with Crippen LogP contribution in [0.2, 0.25) is 15.1 Å². The fourth-order valence-corrected chi connectivity index (χ4v) is 3.35. The van der Waals surface area contributed by atoms with Crippen LogP contribution in [0.25, 0.3) is 0 Å².